The van der Waals surface area contributed by atoms with Gasteiger partial charge in [0.1, 0.15) is 5.82 Å². The maximum absolute atomic E-state index is 5.60. The van der Waals surface area contributed by atoms with Gasteiger partial charge in [-0.15, -0.1) is 0 Å². The Morgan fingerprint density at radius 3 is 2.32 bits per heavy atom. The highest BCUT2D eigenvalue weighted by atomic mass is 16.5. The fraction of sp³-hybridized carbons (Fsp3) is 0.345. The molecule has 2 fully saturated rings. The van der Waals surface area contributed by atoms with Crippen LogP contribution in [0.4, 0.5) is 11.5 Å². The molecule has 2 aliphatic heterocycles. The second-order valence-corrected chi connectivity index (χ2v) is 9.53. The van der Waals surface area contributed by atoms with Crippen molar-refractivity contribution in [2.75, 3.05) is 62.4 Å². The molecule has 8 heteroatoms. The Bertz CT molecular complexity index is 1390. The molecule has 2 aromatic heterocycles. The van der Waals surface area contributed by atoms with Crippen LogP contribution in [-0.2, 0) is 16.0 Å². The van der Waals surface area contributed by atoms with Gasteiger partial charge in [-0.05, 0) is 24.6 Å². The van der Waals surface area contributed by atoms with Crippen molar-refractivity contribution in [2.45, 2.75) is 13.5 Å². The van der Waals surface area contributed by atoms with E-state index in [4.69, 9.17) is 24.5 Å². The van der Waals surface area contributed by atoms with Crippen molar-refractivity contribution < 1.29 is 9.47 Å². The van der Waals surface area contributed by atoms with Gasteiger partial charge in [-0.2, -0.15) is 9.61 Å². The third kappa shape index (κ3) is 5.35. The summed E-state index contributed by atoms with van der Waals surface area (Å²) in [6.07, 6.45) is 1.92. The van der Waals surface area contributed by atoms with Gasteiger partial charge in [0.25, 0.3) is 0 Å². The topological polar surface area (TPSA) is 67.5 Å². The number of benzene rings is 2. The van der Waals surface area contributed by atoms with E-state index >= 15 is 0 Å². The standard InChI is InChI=1S/C29H32N6O2/c1-22-3-2-4-23(17-22)20-30-21-25-18-29(34-11-15-37-16-12-34)35-28(31-25)19-27(32-35)24-5-7-26(8-6-24)33-9-13-36-14-10-33/h2-8,17-20H,9-16,21H2,1H3. The van der Waals surface area contributed by atoms with E-state index in [1.165, 1.54) is 11.3 Å². The van der Waals surface area contributed by atoms with Crippen LogP contribution in [0.2, 0.25) is 0 Å². The molecule has 0 saturated carbocycles. The lowest BCUT2D eigenvalue weighted by molar-refractivity contribution is 0.122. The molecule has 0 N–H and O–H groups in total. The number of rotatable bonds is 6. The second-order valence-electron chi connectivity index (χ2n) is 9.53. The minimum absolute atomic E-state index is 0.510. The van der Waals surface area contributed by atoms with Gasteiger partial charge >= 0.3 is 0 Å². The van der Waals surface area contributed by atoms with Gasteiger partial charge in [0.2, 0.25) is 0 Å². The van der Waals surface area contributed by atoms with E-state index in [9.17, 15) is 0 Å². The van der Waals surface area contributed by atoms with Crippen molar-refractivity contribution in [3.05, 3.63) is 77.5 Å². The van der Waals surface area contributed by atoms with E-state index in [2.05, 4.69) is 77.4 Å². The third-order valence-corrected chi connectivity index (χ3v) is 6.87. The van der Waals surface area contributed by atoms with Crippen LogP contribution in [-0.4, -0.2) is 73.4 Å². The molecule has 190 valence electrons. The smallest absolute Gasteiger partial charge is 0.158 e. The molecule has 4 aromatic rings. The van der Waals surface area contributed by atoms with Crippen LogP contribution in [0.1, 0.15) is 16.8 Å². The molecule has 0 atom stereocenters. The molecule has 0 amide bonds. The fourth-order valence-electron chi connectivity index (χ4n) is 4.91. The van der Waals surface area contributed by atoms with Crippen LogP contribution in [0.15, 0.2) is 65.7 Å². The van der Waals surface area contributed by atoms with Crippen LogP contribution in [0.25, 0.3) is 16.9 Å². The molecule has 2 saturated heterocycles. The monoisotopic (exact) mass is 496 g/mol. The summed E-state index contributed by atoms with van der Waals surface area (Å²) in [4.78, 5) is 14.3. The van der Waals surface area contributed by atoms with E-state index < -0.39 is 0 Å². The van der Waals surface area contributed by atoms with Crippen molar-refractivity contribution in [2.24, 2.45) is 4.99 Å². The summed E-state index contributed by atoms with van der Waals surface area (Å²) in [5, 5.41) is 4.98. The number of hydrogen-bond donors (Lipinski definition) is 0. The van der Waals surface area contributed by atoms with Crippen LogP contribution < -0.4 is 9.80 Å². The number of fused-ring (bicyclic) bond motifs is 1. The van der Waals surface area contributed by atoms with Crippen LogP contribution in [0, 0.1) is 6.92 Å². The minimum Gasteiger partial charge on any atom is -0.378 e. The maximum Gasteiger partial charge on any atom is 0.158 e. The number of nitrogens with zero attached hydrogens (tertiary/aromatic N) is 6. The highest BCUT2D eigenvalue weighted by Gasteiger charge is 2.18. The summed E-state index contributed by atoms with van der Waals surface area (Å²) in [7, 11) is 0. The zero-order chi connectivity index (χ0) is 25.0. The fourth-order valence-corrected chi connectivity index (χ4v) is 4.91. The number of ether oxygens (including phenoxy) is 2. The summed E-state index contributed by atoms with van der Waals surface area (Å²) in [6.45, 7) is 9.09. The highest BCUT2D eigenvalue weighted by molar-refractivity contribution is 5.79. The predicted molar refractivity (Wildman–Crippen MR) is 147 cm³/mol. The van der Waals surface area contributed by atoms with Gasteiger partial charge in [-0.25, -0.2) is 4.98 Å². The van der Waals surface area contributed by atoms with E-state index in [0.717, 1.165) is 73.4 Å². The van der Waals surface area contributed by atoms with Gasteiger partial charge in [-0.3, -0.25) is 4.99 Å². The second kappa shape index (κ2) is 10.7. The van der Waals surface area contributed by atoms with Crippen molar-refractivity contribution in [1.82, 2.24) is 14.6 Å². The Labute approximate surface area is 217 Å². The molecule has 0 radical (unpaired) electrons. The number of aromatic nitrogens is 3. The highest BCUT2D eigenvalue weighted by Crippen LogP contribution is 2.27. The lowest BCUT2D eigenvalue weighted by atomic mass is 10.1. The van der Waals surface area contributed by atoms with Crippen LogP contribution in [0.5, 0.6) is 0 Å². The largest absolute Gasteiger partial charge is 0.378 e. The van der Waals surface area contributed by atoms with Crippen LogP contribution in [0.3, 0.4) is 0 Å². The first kappa shape index (κ1) is 23.6. The molecule has 4 heterocycles. The van der Waals surface area contributed by atoms with Crippen LogP contribution >= 0.6 is 0 Å². The van der Waals surface area contributed by atoms with E-state index in [0.29, 0.717) is 19.8 Å². The Balaban J connectivity index is 1.30. The van der Waals surface area contributed by atoms with Gasteiger partial charge in [0.05, 0.1) is 44.4 Å². The van der Waals surface area contributed by atoms with Gasteiger partial charge in [0, 0.05) is 55.8 Å². The molecule has 6 rings (SSSR count). The molecule has 37 heavy (non-hydrogen) atoms. The zero-order valence-electron chi connectivity index (χ0n) is 21.2. The van der Waals surface area contributed by atoms with Crippen molar-refractivity contribution >= 4 is 23.4 Å². The minimum atomic E-state index is 0.510. The molecule has 0 spiro atoms. The molecule has 2 aromatic carbocycles. The zero-order valence-corrected chi connectivity index (χ0v) is 21.2. The molecular weight excluding hydrogens is 464 g/mol. The first-order valence-corrected chi connectivity index (χ1v) is 12.9. The number of aryl methyl sites for hydroxylation is 1. The number of aliphatic imine (C=N–C) groups is 1. The predicted octanol–water partition coefficient (Wildman–Crippen LogP) is 4.00. The maximum atomic E-state index is 5.60. The number of anilines is 2. The van der Waals surface area contributed by atoms with Crippen molar-refractivity contribution in [3.63, 3.8) is 0 Å². The van der Waals surface area contributed by atoms with Gasteiger partial charge < -0.3 is 19.3 Å². The van der Waals surface area contributed by atoms with Crippen molar-refractivity contribution in [3.8, 4) is 11.3 Å². The molecule has 0 unspecified atom stereocenters. The molecule has 8 nitrogen and oxygen atoms in total. The normalized spacial score (nSPS) is 16.7. The third-order valence-electron chi connectivity index (χ3n) is 6.87. The Morgan fingerprint density at radius 2 is 1.59 bits per heavy atom. The molecule has 0 bridgehead atoms. The van der Waals surface area contributed by atoms with Gasteiger partial charge in [-0.1, -0.05) is 42.0 Å². The average Bonchev–Trinajstić information content (AvgIpc) is 3.38. The lowest BCUT2D eigenvalue weighted by Crippen LogP contribution is -2.37. The summed E-state index contributed by atoms with van der Waals surface area (Å²) in [5.74, 6) is 1.03. The number of morpholine rings is 2. The van der Waals surface area contributed by atoms with Gasteiger partial charge in [0.15, 0.2) is 5.65 Å². The summed E-state index contributed by atoms with van der Waals surface area (Å²) < 4.78 is 13.1. The Hall–Kier alpha value is -3.75. The summed E-state index contributed by atoms with van der Waals surface area (Å²) in [6, 6.07) is 21.2. The van der Waals surface area contributed by atoms with E-state index in [1.54, 1.807) is 0 Å². The SMILES string of the molecule is Cc1cccc(C=NCc2cc(N3CCOCC3)n3nc(-c4ccc(N5CCOCC5)cc4)cc3n2)c1. The van der Waals surface area contributed by atoms with E-state index in [1.807, 2.05) is 10.7 Å². The first-order valence-electron chi connectivity index (χ1n) is 12.9. The lowest BCUT2D eigenvalue weighted by Gasteiger charge is -2.29. The average molecular weight is 497 g/mol. The summed E-state index contributed by atoms with van der Waals surface area (Å²) >= 11 is 0. The summed E-state index contributed by atoms with van der Waals surface area (Å²) in [5.41, 5.74) is 7.29. The quantitative estimate of drug-likeness (QED) is 0.376. The van der Waals surface area contributed by atoms with E-state index in [-0.39, 0.29) is 0 Å². The molecule has 0 aliphatic carbocycles. The molecular formula is C29H32N6O2. The Kier molecular flexibility index (Phi) is 6.84. The van der Waals surface area contributed by atoms with Crippen molar-refractivity contribution in [1.29, 1.82) is 0 Å². The first-order chi connectivity index (χ1) is 18.2. The Morgan fingerprint density at radius 1 is 0.865 bits per heavy atom. The molecule has 2 aliphatic rings. The number of hydrogen-bond acceptors (Lipinski definition) is 7.